The molecular weight excluding hydrogens is 300 g/mol. The van der Waals surface area contributed by atoms with Gasteiger partial charge in [0, 0.05) is 10.6 Å². The average Bonchev–Trinajstić information content (AvgIpc) is 2.86. The topological polar surface area (TPSA) is 46.5 Å². The van der Waals surface area contributed by atoms with Crippen molar-refractivity contribution < 1.29 is 14.6 Å². The molecule has 0 fully saturated rings. The van der Waals surface area contributed by atoms with Gasteiger partial charge in [-0.25, -0.2) is 4.79 Å². The van der Waals surface area contributed by atoms with Crippen LogP contribution in [-0.2, 0) is 4.79 Å². The van der Waals surface area contributed by atoms with Gasteiger partial charge in [-0.1, -0.05) is 49.7 Å². The molecule has 3 rings (SSSR count). The average molecular weight is 317 g/mol. The first-order chi connectivity index (χ1) is 10.5. The van der Waals surface area contributed by atoms with Crippen molar-refractivity contribution in [3.8, 4) is 5.75 Å². The Morgan fingerprint density at radius 1 is 1.18 bits per heavy atom. The summed E-state index contributed by atoms with van der Waals surface area (Å²) in [5.74, 6) is -0.248. The quantitative estimate of drug-likeness (QED) is 0.910. The number of aliphatic carboxylic acids is 1. The van der Waals surface area contributed by atoms with Gasteiger partial charge in [-0.05, 0) is 35.2 Å². The number of ether oxygens (including phenoxy) is 1. The minimum Gasteiger partial charge on any atom is -0.478 e. The first kappa shape index (κ1) is 14.9. The molecule has 1 N–H and O–H groups in total. The van der Waals surface area contributed by atoms with Gasteiger partial charge >= 0.3 is 5.97 Å². The summed E-state index contributed by atoms with van der Waals surface area (Å²) in [5.41, 5.74) is 3.00. The van der Waals surface area contributed by atoms with E-state index in [2.05, 4.69) is 19.9 Å². The Kier molecular flexibility index (Phi) is 3.83. The predicted octanol–water partition coefficient (Wildman–Crippen LogP) is 4.44. The second kappa shape index (κ2) is 5.65. The summed E-state index contributed by atoms with van der Waals surface area (Å²) in [4.78, 5) is 11.6. The number of rotatable bonds is 3. The van der Waals surface area contributed by atoms with Crippen LogP contribution in [0.3, 0.4) is 0 Å². The second-order valence-electron chi connectivity index (χ2n) is 5.86. The molecule has 0 radical (unpaired) electrons. The summed E-state index contributed by atoms with van der Waals surface area (Å²) in [6, 6.07) is 13.2. The highest BCUT2D eigenvalue weighted by Crippen LogP contribution is 2.43. The molecule has 0 saturated heterocycles. The van der Waals surface area contributed by atoms with Crippen LogP contribution in [0.1, 0.15) is 42.4 Å². The van der Waals surface area contributed by atoms with E-state index in [-0.39, 0.29) is 5.92 Å². The monoisotopic (exact) mass is 316 g/mol. The van der Waals surface area contributed by atoms with Crippen LogP contribution in [0.25, 0.3) is 0 Å². The molecule has 0 spiro atoms. The van der Waals surface area contributed by atoms with Gasteiger partial charge in [0.1, 0.15) is 5.75 Å². The highest BCUT2D eigenvalue weighted by Gasteiger charge is 2.40. The maximum atomic E-state index is 11.6. The Bertz CT molecular complexity index is 707. The van der Waals surface area contributed by atoms with E-state index >= 15 is 0 Å². The third kappa shape index (κ3) is 2.57. The number of benzene rings is 2. The van der Waals surface area contributed by atoms with Crippen LogP contribution in [-0.4, -0.2) is 17.2 Å². The SMILES string of the molecule is CC(C)c1ccc2c(c1)[C@H](c1ccc(Cl)cc1)[C@@H](C(=O)O)O2. The lowest BCUT2D eigenvalue weighted by Crippen LogP contribution is -2.29. The van der Waals surface area contributed by atoms with Gasteiger partial charge in [-0.2, -0.15) is 0 Å². The summed E-state index contributed by atoms with van der Waals surface area (Å²) in [6.45, 7) is 4.23. The van der Waals surface area contributed by atoms with E-state index < -0.39 is 12.1 Å². The fraction of sp³-hybridized carbons (Fsp3) is 0.278. The lowest BCUT2D eigenvalue weighted by atomic mass is 9.86. The summed E-state index contributed by atoms with van der Waals surface area (Å²) in [6.07, 6.45) is -0.904. The molecule has 0 bridgehead atoms. The van der Waals surface area contributed by atoms with Crippen molar-refractivity contribution in [2.75, 3.05) is 0 Å². The molecule has 2 atom stereocenters. The molecule has 0 aromatic heterocycles. The molecule has 114 valence electrons. The Morgan fingerprint density at radius 2 is 1.86 bits per heavy atom. The number of carboxylic acid groups (broad SMARTS) is 1. The second-order valence-corrected chi connectivity index (χ2v) is 6.29. The van der Waals surface area contributed by atoms with Crippen LogP contribution in [0.4, 0.5) is 0 Å². The highest BCUT2D eigenvalue weighted by molar-refractivity contribution is 6.30. The smallest absolute Gasteiger partial charge is 0.345 e. The Labute approximate surface area is 134 Å². The Morgan fingerprint density at radius 3 is 2.45 bits per heavy atom. The lowest BCUT2D eigenvalue weighted by molar-refractivity contribution is -0.144. The normalized spacial score (nSPS) is 19.8. The van der Waals surface area contributed by atoms with Crippen LogP contribution in [0, 0.1) is 0 Å². The molecule has 1 aliphatic rings. The van der Waals surface area contributed by atoms with E-state index in [4.69, 9.17) is 16.3 Å². The Hall–Kier alpha value is -2.00. The van der Waals surface area contributed by atoms with Gasteiger partial charge in [0.05, 0.1) is 5.92 Å². The van der Waals surface area contributed by atoms with Crippen molar-refractivity contribution in [2.45, 2.75) is 31.8 Å². The van der Waals surface area contributed by atoms with Crippen LogP contribution < -0.4 is 4.74 Å². The Balaban J connectivity index is 2.11. The lowest BCUT2D eigenvalue weighted by Gasteiger charge is -2.16. The van der Waals surface area contributed by atoms with Gasteiger partial charge < -0.3 is 9.84 Å². The molecule has 0 saturated carbocycles. The molecule has 1 aliphatic heterocycles. The minimum atomic E-state index is -0.956. The van der Waals surface area contributed by atoms with E-state index in [0.29, 0.717) is 16.7 Å². The molecular formula is C18H17ClO3. The summed E-state index contributed by atoms with van der Waals surface area (Å²) < 4.78 is 5.67. The largest absolute Gasteiger partial charge is 0.478 e. The van der Waals surface area contributed by atoms with Crippen LogP contribution >= 0.6 is 11.6 Å². The van der Waals surface area contributed by atoms with Gasteiger partial charge in [0.25, 0.3) is 0 Å². The predicted molar refractivity (Wildman–Crippen MR) is 85.9 cm³/mol. The molecule has 0 aliphatic carbocycles. The van der Waals surface area contributed by atoms with E-state index in [0.717, 1.165) is 11.1 Å². The van der Waals surface area contributed by atoms with Crippen molar-refractivity contribution >= 4 is 17.6 Å². The number of halogens is 1. The standard InChI is InChI=1S/C18H17ClO3/c1-10(2)12-5-8-15-14(9-12)16(17(22-15)18(20)21)11-3-6-13(19)7-4-11/h3-10,16-17H,1-2H3,(H,20,21)/t16-,17-/m0/s1. The number of hydrogen-bond donors (Lipinski definition) is 1. The first-order valence-corrected chi connectivity index (χ1v) is 7.64. The van der Waals surface area contributed by atoms with Crippen LogP contribution in [0.5, 0.6) is 5.75 Å². The molecule has 3 nitrogen and oxygen atoms in total. The van der Waals surface area contributed by atoms with Crippen LogP contribution in [0.2, 0.25) is 5.02 Å². The molecule has 2 aromatic carbocycles. The molecule has 1 heterocycles. The minimum absolute atomic E-state index is 0.316. The van der Waals surface area contributed by atoms with Crippen molar-refractivity contribution in [3.63, 3.8) is 0 Å². The first-order valence-electron chi connectivity index (χ1n) is 7.26. The third-order valence-electron chi connectivity index (χ3n) is 4.06. The highest BCUT2D eigenvalue weighted by atomic mass is 35.5. The van der Waals surface area contributed by atoms with Crippen molar-refractivity contribution in [1.82, 2.24) is 0 Å². The molecule has 0 unspecified atom stereocenters. The number of hydrogen-bond acceptors (Lipinski definition) is 2. The van der Waals surface area contributed by atoms with Crippen molar-refractivity contribution in [3.05, 3.63) is 64.2 Å². The van der Waals surface area contributed by atoms with E-state index in [1.54, 1.807) is 12.1 Å². The van der Waals surface area contributed by atoms with E-state index in [1.807, 2.05) is 24.3 Å². The van der Waals surface area contributed by atoms with Gasteiger partial charge in [0.2, 0.25) is 6.10 Å². The zero-order valence-electron chi connectivity index (χ0n) is 12.4. The van der Waals surface area contributed by atoms with E-state index in [1.165, 1.54) is 5.56 Å². The number of fused-ring (bicyclic) bond motifs is 1. The molecule has 4 heteroatoms. The van der Waals surface area contributed by atoms with E-state index in [9.17, 15) is 9.90 Å². The zero-order valence-corrected chi connectivity index (χ0v) is 13.2. The zero-order chi connectivity index (χ0) is 15.9. The van der Waals surface area contributed by atoms with Crippen molar-refractivity contribution in [2.24, 2.45) is 0 Å². The number of carbonyl (C=O) groups is 1. The summed E-state index contributed by atoms with van der Waals surface area (Å²) in [5, 5.41) is 10.1. The summed E-state index contributed by atoms with van der Waals surface area (Å²) in [7, 11) is 0. The van der Waals surface area contributed by atoms with Crippen molar-refractivity contribution in [1.29, 1.82) is 0 Å². The molecule has 0 amide bonds. The van der Waals surface area contributed by atoms with Crippen LogP contribution in [0.15, 0.2) is 42.5 Å². The third-order valence-corrected chi connectivity index (χ3v) is 4.32. The maximum Gasteiger partial charge on any atom is 0.345 e. The van der Waals surface area contributed by atoms with Gasteiger partial charge in [0.15, 0.2) is 0 Å². The fourth-order valence-corrected chi connectivity index (χ4v) is 2.99. The fourth-order valence-electron chi connectivity index (χ4n) is 2.86. The van der Waals surface area contributed by atoms with Gasteiger partial charge in [-0.15, -0.1) is 0 Å². The molecule has 22 heavy (non-hydrogen) atoms. The maximum absolute atomic E-state index is 11.6. The number of carboxylic acids is 1. The van der Waals surface area contributed by atoms with Gasteiger partial charge in [-0.3, -0.25) is 0 Å². The summed E-state index contributed by atoms with van der Waals surface area (Å²) >= 11 is 5.94. The molecule has 2 aromatic rings.